The van der Waals surface area contributed by atoms with Crippen LogP contribution < -0.4 is 0 Å². The molecule has 0 saturated heterocycles. The fraction of sp³-hybridized carbons (Fsp3) is 0.417. The molecule has 0 aromatic heterocycles. The van der Waals surface area contributed by atoms with Crippen LogP contribution in [0.1, 0.15) is 27.0 Å². The number of esters is 1. The van der Waals surface area contributed by atoms with Gasteiger partial charge in [0, 0.05) is 5.33 Å². The van der Waals surface area contributed by atoms with E-state index in [1.807, 2.05) is 0 Å². The highest BCUT2D eigenvalue weighted by Gasteiger charge is 2.15. The first-order chi connectivity index (χ1) is 8.17. The standard InChI is InChI=1S/C12H13BrF2O2/c1-17-12(16)11-5-10(7-15)9(6-14)4-8(11)2-3-13/h4-5H,2-3,6-7H2,1H3. The maximum absolute atomic E-state index is 12.7. The Labute approximate surface area is 107 Å². The van der Waals surface area contributed by atoms with Gasteiger partial charge in [-0.2, -0.15) is 0 Å². The van der Waals surface area contributed by atoms with Gasteiger partial charge in [0.1, 0.15) is 13.3 Å². The minimum Gasteiger partial charge on any atom is -0.465 e. The molecule has 0 aliphatic heterocycles. The number of hydrogen-bond acceptors (Lipinski definition) is 2. The monoisotopic (exact) mass is 306 g/mol. The molecule has 0 spiro atoms. The number of ether oxygens (including phenoxy) is 1. The van der Waals surface area contributed by atoms with E-state index < -0.39 is 19.3 Å². The Morgan fingerprint density at radius 2 is 1.82 bits per heavy atom. The second-order valence-electron chi connectivity index (χ2n) is 3.48. The number of benzene rings is 1. The van der Waals surface area contributed by atoms with E-state index in [0.717, 1.165) is 0 Å². The summed E-state index contributed by atoms with van der Waals surface area (Å²) in [6, 6.07) is 2.90. The van der Waals surface area contributed by atoms with Crippen LogP contribution in [0, 0.1) is 0 Å². The molecular formula is C12H13BrF2O2. The lowest BCUT2D eigenvalue weighted by Gasteiger charge is -2.11. The van der Waals surface area contributed by atoms with Gasteiger partial charge >= 0.3 is 5.97 Å². The molecule has 0 aliphatic carbocycles. The molecule has 5 heteroatoms. The van der Waals surface area contributed by atoms with Gasteiger partial charge in [0.15, 0.2) is 0 Å². The smallest absolute Gasteiger partial charge is 0.338 e. The van der Waals surface area contributed by atoms with Crippen LogP contribution in [0.5, 0.6) is 0 Å². The molecule has 1 aromatic carbocycles. The van der Waals surface area contributed by atoms with Gasteiger partial charge in [0.2, 0.25) is 0 Å². The lowest BCUT2D eigenvalue weighted by molar-refractivity contribution is 0.0599. The normalized spacial score (nSPS) is 10.4. The summed E-state index contributed by atoms with van der Waals surface area (Å²) in [5.41, 5.74) is 1.46. The first-order valence-electron chi connectivity index (χ1n) is 5.08. The van der Waals surface area contributed by atoms with Gasteiger partial charge in [0.05, 0.1) is 12.7 Å². The summed E-state index contributed by atoms with van der Waals surface area (Å²) in [4.78, 5) is 11.5. The maximum Gasteiger partial charge on any atom is 0.338 e. The first-order valence-corrected chi connectivity index (χ1v) is 6.21. The highest BCUT2D eigenvalue weighted by molar-refractivity contribution is 9.09. The van der Waals surface area contributed by atoms with Crippen molar-refractivity contribution in [1.29, 1.82) is 0 Å². The minimum atomic E-state index is -0.794. The number of alkyl halides is 3. The molecule has 0 N–H and O–H groups in total. The van der Waals surface area contributed by atoms with E-state index in [0.29, 0.717) is 22.9 Å². The van der Waals surface area contributed by atoms with Gasteiger partial charge in [-0.3, -0.25) is 0 Å². The molecule has 1 aromatic rings. The van der Waals surface area contributed by atoms with Crippen LogP contribution in [-0.2, 0) is 24.5 Å². The number of methoxy groups -OCH3 is 1. The number of halogens is 3. The molecule has 0 unspecified atom stereocenters. The van der Waals surface area contributed by atoms with Crippen LogP contribution >= 0.6 is 15.9 Å². The minimum absolute atomic E-state index is 0.200. The Kier molecular flexibility index (Phi) is 5.55. The van der Waals surface area contributed by atoms with Crippen LogP contribution in [0.15, 0.2) is 12.1 Å². The van der Waals surface area contributed by atoms with E-state index in [1.165, 1.54) is 19.2 Å². The summed E-state index contributed by atoms with van der Waals surface area (Å²) in [7, 11) is 1.26. The third kappa shape index (κ3) is 3.25. The van der Waals surface area contributed by atoms with Crippen molar-refractivity contribution in [2.45, 2.75) is 19.8 Å². The molecule has 0 heterocycles. The zero-order valence-corrected chi connectivity index (χ0v) is 11.0. The van der Waals surface area contributed by atoms with Crippen molar-refractivity contribution < 1.29 is 18.3 Å². The van der Waals surface area contributed by atoms with Crippen LogP contribution in [-0.4, -0.2) is 18.4 Å². The summed E-state index contributed by atoms with van der Waals surface area (Å²) in [6.45, 7) is -1.53. The SMILES string of the molecule is COC(=O)c1cc(CF)c(CF)cc1CCBr. The topological polar surface area (TPSA) is 26.3 Å². The molecule has 0 amide bonds. The number of rotatable bonds is 5. The van der Waals surface area contributed by atoms with Gasteiger partial charge in [-0.05, 0) is 29.2 Å². The molecule has 0 fully saturated rings. The summed E-state index contributed by atoms with van der Waals surface area (Å²) in [5, 5.41) is 0.637. The molecule has 2 nitrogen and oxygen atoms in total. The van der Waals surface area contributed by atoms with Crippen LogP contribution in [0.4, 0.5) is 8.78 Å². The molecule has 0 bridgehead atoms. The van der Waals surface area contributed by atoms with Crippen molar-refractivity contribution >= 4 is 21.9 Å². The quantitative estimate of drug-likeness (QED) is 0.616. The Bertz CT molecular complexity index is 408. The fourth-order valence-corrected chi connectivity index (χ4v) is 2.02. The molecular weight excluding hydrogens is 294 g/mol. The zero-order chi connectivity index (χ0) is 12.8. The van der Waals surface area contributed by atoms with Gasteiger partial charge in [-0.25, -0.2) is 13.6 Å². The van der Waals surface area contributed by atoms with E-state index in [9.17, 15) is 13.6 Å². The second-order valence-corrected chi connectivity index (χ2v) is 4.27. The fourth-order valence-electron chi connectivity index (χ4n) is 1.60. The van der Waals surface area contributed by atoms with Gasteiger partial charge in [-0.1, -0.05) is 22.0 Å². The molecule has 0 aliphatic rings. The average Bonchev–Trinajstić information content (AvgIpc) is 2.37. The van der Waals surface area contributed by atoms with E-state index >= 15 is 0 Å². The first kappa shape index (κ1) is 14.1. The van der Waals surface area contributed by atoms with Crippen molar-refractivity contribution in [3.63, 3.8) is 0 Å². The third-order valence-electron chi connectivity index (χ3n) is 2.48. The Hall–Kier alpha value is -0.970. The number of carbonyl (C=O) groups excluding carboxylic acids is 1. The average molecular weight is 307 g/mol. The van der Waals surface area contributed by atoms with Crippen molar-refractivity contribution in [3.05, 3.63) is 34.4 Å². The van der Waals surface area contributed by atoms with E-state index in [1.54, 1.807) is 0 Å². The highest BCUT2D eigenvalue weighted by atomic mass is 79.9. The number of aryl methyl sites for hydroxylation is 1. The van der Waals surface area contributed by atoms with Crippen LogP contribution in [0.3, 0.4) is 0 Å². The predicted octanol–water partition coefficient (Wildman–Crippen LogP) is 3.35. The Morgan fingerprint density at radius 1 is 1.24 bits per heavy atom. The summed E-state index contributed by atoms with van der Waals surface area (Å²) in [6.07, 6.45) is 0.560. The van der Waals surface area contributed by atoms with Gasteiger partial charge < -0.3 is 4.74 Å². The molecule has 0 saturated carbocycles. The number of hydrogen-bond donors (Lipinski definition) is 0. The van der Waals surface area contributed by atoms with Gasteiger partial charge in [0.25, 0.3) is 0 Å². The lowest BCUT2D eigenvalue weighted by Crippen LogP contribution is -2.09. The molecule has 17 heavy (non-hydrogen) atoms. The summed E-state index contributed by atoms with van der Waals surface area (Å²) >= 11 is 3.25. The van der Waals surface area contributed by atoms with Crippen LogP contribution in [0.2, 0.25) is 0 Å². The van der Waals surface area contributed by atoms with Crippen molar-refractivity contribution in [3.8, 4) is 0 Å². The highest BCUT2D eigenvalue weighted by Crippen LogP contribution is 2.21. The Balaban J connectivity index is 3.29. The van der Waals surface area contributed by atoms with E-state index in [-0.39, 0.29) is 11.1 Å². The van der Waals surface area contributed by atoms with Crippen molar-refractivity contribution in [2.24, 2.45) is 0 Å². The maximum atomic E-state index is 12.7. The van der Waals surface area contributed by atoms with Crippen molar-refractivity contribution in [2.75, 3.05) is 12.4 Å². The summed E-state index contributed by atoms with van der Waals surface area (Å²) < 4.78 is 30.0. The van der Waals surface area contributed by atoms with E-state index in [4.69, 9.17) is 0 Å². The van der Waals surface area contributed by atoms with Crippen LogP contribution in [0.25, 0.3) is 0 Å². The molecule has 94 valence electrons. The van der Waals surface area contributed by atoms with E-state index in [2.05, 4.69) is 20.7 Å². The number of carbonyl (C=O) groups is 1. The van der Waals surface area contributed by atoms with Gasteiger partial charge in [-0.15, -0.1) is 0 Å². The molecule has 1 rings (SSSR count). The third-order valence-corrected chi connectivity index (χ3v) is 2.88. The summed E-state index contributed by atoms with van der Waals surface area (Å²) in [5.74, 6) is -0.527. The molecule has 0 atom stereocenters. The Morgan fingerprint density at radius 3 is 2.29 bits per heavy atom. The zero-order valence-electron chi connectivity index (χ0n) is 9.43. The predicted molar refractivity (Wildman–Crippen MR) is 64.9 cm³/mol. The largest absolute Gasteiger partial charge is 0.465 e. The molecule has 0 radical (unpaired) electrons. The second kappa shape index (κ2) is 6.69. The lowest BCUT2D eigenvalue weighted by atomic mass is 9.98. The van der Waals surface area contributed by atoms with Crippen molar-refractivity contribution in [1.82, 2.24) is 0 Å².